The summed E-state index contributed by atoms with van der Waals surface area (Å²) in [7, 11) is 0. The topological polar surface area (TPSA) is 88.9 Å². The quantitative estimate of drug-likeness (QED) is 0.608. The largest absolute Gasteiger partial charge is 0.333 e. The van der Waals surface area contributed by atoms with Crippen molar-refractivity contribution in [3.05, 3.63) is 17.5 Å². The van der Waals surface area contributed by atoms with Crippen LogP contribution in [0.15, 0.2) is 22.7 Å². The van der Waals surface area contributed by atoms with Crippen molar-refractivity contribution in [1.82, 2.24) is 25.4 Å². The lowest BCUT2D eigenvalue weighted by Crippen LogP contribution is -2.48. The van der Waals surface area contributed by atoms with Crippen LogP contribution in [0.25, 0.3) is 10.7 Å². The monoisotopic (exact) mass is 461 g/mol. The van der Waals surface area contributed by atoms with Crippen molar-refractivity contribution in [2.24, 2.45) is 17.8 Å². The molecule has 2 aliphatic carbocycles. The number of nitrogens with one attached hydrogen (secondary N) is 2. The summed E-state index contributed by atoms with van der Waals surface area (Å²) in [6.45, 7) is 7.89. The van der Waals surface area contributed by atoms with Gasteiger partial charge in [0, 0.05) is 11.6 Å². The van der Waals surface area contributed by atoms with Gasteiger partial charge < -0.3 is 5.32 Å². The summed E-state index contributed by atoms with van der Waals surface area (Å²) in [5, 5.41) is 16.9. The number of hydrogen-bond acceptors (Lipinski definition) is 6. The number of rotatable bonds is 6. The Hall–Kier alpha value is -1.87. The van der Waals surface area contributed by atoms with E-state index in [1.54, 1.807) is 11.3 Å². The Kier molecular flexibility index (Phi) is 6.44. The maximum atomic E-state index is 12.3. The number of fused-ring (bicyclic) bond motifs is 2. The summed E-state index contributed by atoms with van der Waals surface area (Å²) in [6, 6.07) is 3.89. The zero-order chi connectivity index (χ0) is 22.2. The average Bonchev–Trinajstić information content (AvgIpc) is 3.48. The Bertz CT molecular complexity index is 934. The molecule has 0 radical (unpaired) electrons. The third-order valence-electron chi connectivity index (χ3n) is 6.30. The van der Waals surface area contributed by atoms with Crippen molar-refractivity contribution in [2.75, 3.05) is 5.75 Å². The van der Waals surface area contributed by atoms with E-state index in [1.165, 1.54) is 37.4 Å². The van der Waals surface area contributed by atoms with Gasteiger partial charge in [-0.15, -0.1) is 21.5 Å². The molecule has 0 saturated heterocycles. The molecule has 2 fully saturated rings. The minimum atomic E-state index is -0.478. The zero-order valence-corrected chi connectivity index (χ0v) is 20.2. The van der Waals surface area contributed by atoms with Crippen LogP contribution in [0, 0.1) is 17.8 Å². The molecule has 31 heavy (non-hydrogen) atoms. The van der Waals surface area contributed by atoms with Crippen molar-refractivity contribution in [1.29, 1.82) is 0 Å². The minimum absolute atomic E-state index is 0.115. The SMILES string of the molecule is CC(C1CC2CCC1C2)n1c(SCC(=O)NC(=O)NC(C)(C)C)nnc1-c1cccs1. The van der Waals surface area contributed by atoms with Crippen LogP contribution >= 0.6 is 23.1 Å². The van der Waals surface area contributed by atoms with Crippen molar-refractivity contribution in [3.8, 4) is 10.7 Å². The van der Waals surface area contributed by atoms with Crippen LogP contribution in [0.4, 0.5) is 4.79 Å². The molecule has 2 saturated carbocycles. The van der Waals surface area contributed by atoms with E-state index in [4.69, 9.17) is 0 Å². The van der Waals surface area contributed by atoms with Crippen LogP contribution in [0.5, 0.6) is 0 Å². The maximum Gasteiger partial charge on any atom is 0.321 e. The molecule has 4 rings (SSSR count). The second-order valence-corrected chi connectivity index (χ2v) is 11.7. The summed E-state index contributed by atoms with van der Waals surface area (Å²) in [4.78, 5) is 25.4. The second kappa shape index (κ2) is 8.94. The smallest absolute Gasteiger partial charge is 0.321 e. The van der Waals surface area contributed by atoms with Crippen molar-refractivity contribution in [2.45, 2.75) is 70.1 Å². The van der Waals surface area contributed by atoms with Gasteiger partial charge in [-0.2, -0.15) is 0 Å². The molecule has 7 nitrogen and oxygen atoms in total. The van der Waals surface area contributed by atoms with E-state index >= 15 is 0 Å². The lowest BCUT2D eigenvalue weighted by atomic mass is 9.84. The number of carbonyl (C=O) groups excluding carboxylic acids is 2. The summed E-state index contributed by atoms with van der Waals surface area (Å²) >= 11 is 2.99. The molecular formula is C22H31N5O2S2. The number of aromatic nitrogens is 3. The standard InChI is InChI=1S/C22H31N5O2S2/c1-13(16-11-14-7-8-15(16)10-14)27-19(17-6-5-9-30-17)25-26-21(27)31-12-18(28)23-20(29)24-22(2,3)4/h5-6,9,13-16H,7-8,10-12H2,1-4H3,(H2,23,24,28,29). The van der Waals surface area contributed by atoms with E-state index in [2.05, 4.69) is 38.4 Å². The molecule has 168 valence electrons. The molecule has 0 aromatic carbocycles. The highest BCUT2D eigenvalue weighted by atomic mass is 32.2. The first-order valence-corrected chi connectivity index (χ1v) is 12.8. The molecule has 2 aromatic heterocycles. The van der Waals surface area contributed by atoms with Gasteiger partial charge in [-0.05, 0) is 76.2 Å². The number of thioether (sulfide) groups is 1. The first-order valence-electron chi connectivity index (χ1n) is 10.9. The molecule has 2 aromatic rings. The van der Waals surface area contributed by atoms with Gasteiger partial charge in [0.25, 0.3) is 0 Å². The third-order valence-corrected chi connectivity index (χ3v) is 8.11. The molecule has 9 heteroatoms. The fourth-order valence-corrected chi connectivity index (χ4v) is 6.59. The van der Waals surface area contributed by atoms with E-state index in [1.807, 2.05) is 32.2 Å². The Labute approximate surface area is 191 Å². The fourth-order valence-electron chi connectivity index (χ4n) is 5.06. The van der Waals surface area contributed by atoms with E-state index < -0.39 is 11.6 Å². The Balaban J connectivity index is 1.49. The molecular weight excluding hydrogens is 430 g/mol. The van der Waals surface area contributed by atoms with E-state index in [9.17, 15) is 9.59 Å². The van der Waals surface area contributed by atoms with Gasteiger partial charge in [0.1, 0.15) is 0 Å². The van der Waals surface area contributed by atoms with Crippen LogP contribution in [-0.2, 0) is 4.79 Å². The molecule has 2 bridgehead atoms. The predicted molar refractivity (Wildman–Crippen MR) is 124 cm³/mol. The number of amides is 3. The minimum Gasteiger partial charge on any atom is -0.333 e. The highest BCUT2D eigenvalue weighted by molar-refractivity contribution is 7.99. The van der Waals surface area contributed by atoms with E-state index in [0.29, 0.717) is 5.92 Å². The number of urea groups is 1. The molecule has 0 spiro atoms. The van der Waals surface area contributed by atoms with E-state index in [0.717, 1.165) is 27.7 Å². The van der Waals surface area contributed by atoms with Gasteiger partial charge in [-0.25, -0.2) is 4.79 Å². The van der Waals surface area contributed by atoms with Crippen molar-refractivity contribution in [3.63, 3.8) is 0 Å². The lowest BCUT2D eigenvalue weighted by Gasteiger charge is -2.30. The van der Waals surface area contributed by atoms with Crippen LogP contribution in [-0.4, -0.2) is 38.0 Å². The van der Waals surface area contributed by atoms with Crippen molar-refractivity contribution < 1.29 is 9.59 Å². The number of imide groups is 1. The van der Waals surface area contributed by atoms with Gasteiger partial charge in [0.05, 0.1) is 10.6 Å². The lowest BCUT2D eigenvalue weighted by molar-refractivity contribution is -0.117. The highest BCUT2D eigenvalue weighted by Crippen LogP contribution is 2.53. The first-order chi connectivity index (χ1) is 14.7. The molecule has 3 amide bonds. The van der Waals surface area contributed by atoms with Crippen molar-refractivity contribution >= 4 is 35.0 Å². The van der Waals surface area contributed by atoms with Crippen LogP contribution in [0.2, 0.25) is 0 Å². The van der Waals surface area contributed by atoms with Gasteiger partial charge >= 0.3 is 6.03 Å². The molecule has 2 heterocycles. The van der Waals surface area contributed by atoms with Gasteiger partial charge in [-0.3, -0.25) is 14.7 Å². The molecule has 0 aliphatic heterocycles. The Morgan fingerprint density at radius 2 is 2.10 bits per heavy atom. The number of thiophene rings is 1. The average molecular weight is 462 g/mol. The first kappa shape index (κ1) is 22.3. The molecule has 4 unspecified atom stereocenters. The molecule has 2 N–H and O–H groups in total. The van der Waals surface area contributed by atoms with Gasteiger partial charge in [0.2, 0.25) is 5.91 Å². The summed E-state index contributed by atoms with van der Waals surface area (Å²) in [5.41, 5.74) is -0.399. The summed E-state index contributed by atoms with van der Waals surface area (Å²) in [5.74, 6) is 2.91. The molecule has 4 atom stereocenters. The Morgan fingerprint density at radius 3 is 2.71 bits per heavy atom. The van der Waals surface area contributed by atoms with Gasteiger partial charge in [0.15, 0.2) is 11.0 Å². The fraction of sp³-hybridized carbons (Fsp3) is 0.636. The second-order valence-electron chi connectivity index (χ2n) is 9.77. The van der Waals surface area contributed by atoms with Crippen LogP contribution < -0.4 is 10.6 Å². The highest BCUT2D eigenvalue weighted by Gasteiger charge is 2.43. The predicted octanol–water partition coefficient (Wildman–Crippen LogP) is 4.72. The van der Waals surface area contributed by atoms with Crippen LogP contribution in [0.3, 0.4) is 0 Å². The number of carbonyl (C=O) groups is 2. The number of nitrogens with zero attached hydrogens (tertiary/aromatic N) is 3. The van der Waals surface area contributed by atoms with E-state index in [-0.39, 0.29) is 17.7 Å². The summed E-state index contributed by atoms with van der Waals surface area (Å²) < 4.78 is 2.23. The Morgan fingerprint density at radius 1 is 1.29 bits per heavy atom. The zero-order valence-electron chi connectivity index (χ0n) is 18.6. The maximum absolute atomic E-state index is 12.3. The normalized spacial score (nSPS) is 23.7. The van der Waals surface area contributed by atoms with Gasteiger partial charge in [-0.1, -0.05) is 24.2 Å². The van der Waals surface area contributed by atoms with Crippen LogP contribution in [0.1, 0.15) is 59.4 Å². The number of hydrogen-bond donors (Lipinski definition) is 2. The molecule has 2 aliphatic rings. The third kappa shape index (κ3) is 5.14. The summed E-state index contributed by atoms with van der Waals surface area (Å²) in [6.07, 6.45) is 5.31.